The molecule has 132 valence electrons. The number of anilines is 1. The average molecular weight is 332 g/mol. The topological polar surface area (TPSA) is 58.6 Å². The Hall–Kier alpha value is -2.04. The third-order valence-corrected chi connectivity index (χ3v) is 4.43. The Balaban J connectivity index is 1.80. The van der Waals surface area contributed by atoms with Crippen LogP contribution < -0.4 is 5.32 Å². The molecule has 1 fully saturated rings. The second kappa shape index (κ2) is 9.30. The second-order valence-corrected chi connectivity index (χ2v) is 6.25. The fourth-order valence-electron chi connectivity index (χ4n) is 2.92. The van der Waals surface area contributed by atoms with Gasteiger partial charge in [-0.3, -0.25) is 4.79 Å². The number of carbonyl (C=O) groups is 2. The van der Waals surface area contributed by atoms with Crippen molar-refractivity contribution in [1.82, 2.24) is 4.90 Å². The predicted molar refractivity (Wildman–Crippen MR) is 95.0 cm³/mol. The van der Waals surface area contributed by atoms with E-state index in [1.807, 2.05) is 12.1 Å². The zero-order chi connectivity index (χ0) is 17.4. The van der Waals surface area contributed by atoms with Crippen molar-refractivity contribution in [2.75, 3.05) is 25.0 Å². The maximum absolute atomic E-state index is 12.4. The van der Waals surface area contributed by atoms with Gasteiger partial charge in [0.2, 0.25) is 5.91 Å². The predicted octanol–water partition coefficient (Wildman–Crippen LogP) is 3.84. The quantitative estimate of drug-likeness (QED) is 0.861. The molecule has 1 N–H and O–H groups in total. The molecular formula is C19H28N2O3. The number of unbranched alkanes of at least 4 members (excludes halogenated alkanes) is 1. The van der Waals surface area contributed by atoms with Gasteiger partial charge in [0.05, 0.1) is 6.61 Å². The lowest BCUT2D eigenvalue weighted by atomic mass is 9.96. The number of amides is 2. The highest BCUT2D eigenvalue weighted by atomic mass is 16.6. The summed E-state index contributed by atoms with van der Waals surface area (Å²) in [6, 6.07) is 8.09. The first-order chi connectivity index (χ1) is 11.6. The van der Waals surface area contributed by atoms with E-state index in [2.05, 4.69) is 24.4 Å². The maximum Gasteiger partial charge on any atom is 0.409 e. The number of aryl methyl sites for hydroxylation is 1. The number of piperidine rings is 1. The summed E-state index contributed by atoms with van der Waals surface area (Å²) in [5.41, 5.74) is 2.14. The molecule has 0 bridgehead atoms. The van der Waals surface area contributed by atoms with Crippen molar-refractivity contribution in [3.63, 3.8) is 0 Å². The fraction of sp³-hybridized carbons (Fsp3) is 0.579. The second-order valence-electron chi connectivity index (χ2n) is 6.25. The third-order valence-electron chi connectivity index (χ3n) is 4.43. The molecule has 2 amide bonds. The number of hydrogen-bond acceptors (Lipinski definition) is 3. The number of ether oxygens (including phenoxy) is 1. The molecule has 1 aromatic rings. The zero-order valence-electron chi connectivity index (χ0n) is 14.7. The van der Waals surface area contributed by atoms with E-state index in [4.69, 9.17) is 4.74 Å². The Morgan fingerprint density at radius 2 is 1.83 bits per heavy atom. The van der Waals surface area contributed by atoms with Gasteiger partial charge in [-0.15, -0.1) is 0 Å². The molecule has 1 aliphatic rings. The van der Waals surface area contributed by atoms with E-state index < -0.39 is 0 Å². The number of benzene rings is 1. The Bertz CT molecular complexity index is 534. The molecule has 24 heavy (non-hydrogen) atoms. The van der Waals surface area contributed by atoms with E-state index in [1.54, 1.807) is 11.8 Å². The summed E-state index contributed by atoms with van der Waals surface area (Å²) in [6.07, 6.45) is 4.53. The van der Waals surface area contributed by atoms with E-state index in [9.17, 15) is 9.59 Å². The van der Waals surface area contributed by atoms with Gasteiger partial charge in [-0.1, -0.05) is 25.5 Å². The molecule has 0 spiro atoms. The van der Waals surface area contributed by atoms with Crippen molar-refractivity contribution >= 4 is 17.7 Å². The highest BCUT2D eigenvalue weighted by Gasteiger charge is 2.27. The van der Waals surface area contributed by atoms with Crippen molar-refractivity contribution in [3.8, 4) is 0 Å². The molecule has 1 heterocycles. The lowest BCUT2D eigenvalue weighted by Crippen LogP contribution is -2.41. The van der Waals surface area contributed by atoms with Crippen LogP contribution in [0.25, 0.3) is 0 Å². The molecule has 0 radical (unpaired) electrons. The Labute approximate surface area is 144 Å². The SMILES string of the molecule is CCCCc1ccc(NC(=O)C2CCN(C(=O)OCC)CC2)cc1. The van der Waals surface area contributed by atoms with E-state index in [1.165, 1.54) is 18.4 Å². The first kappa shape index (κ1) is 18.3. The lowest BCUT2D eigenvalue weighted by molar-refractivity contribution is -0.121. The Morgan fingerprint density at radius 1 is 1.17 bits per heavy atom. The molecule has 5 nitrogen and oxygen atoms in total. The van der Waals surface area contributed by atoms with Crippen LogP contribution in [0.1, 0.15) is 45.1 Å². The number of nitrogens with zero attached hydrogens (tertiary/aromatic N) is 1. The van der Waals surface area contributed by atoms with Crippen LogP contribution in [0.15, 0.2) is 24.3 Å². The number of hydrogen-bond donors (Lipinski definition) is 1. The summed E-state index contributed by atoms with van der Waals surface area (Å²) >= 11 is 0. The van der Waals surface area contributed by atoms with Crippen LogP contribution in [0.4, 0.5) is 10.5 Å². The number of nitrogens with one attached hydrogen (secondary N) is 1. The number of rotatable bonds is 6. The van der Waals surface area contributed by atoms with Gasteiger partial charge in [-0.25, -0.2) is 4.79 Å². The van der Waals surface area contributed by atoms with Crippen molar-refractivity contribution in [3.05, 3.63) is 29.8 Å². The fourth-order valence-corrected chi connectivity index (χ4v) is 2.92. The van der Waals surface area contributed by atoms with Crippen LogP contribution in [0.2, 0.25) is 0 Å². The van der Waals surface area contributed by atoms with Crippen LogP contribution in [0.5, 0.6) is 0 Å². The monoisotopic (exact) mass is 332 g/mol. The van der Waals surface area contributed by atoms with E-state index >= 15 is 0 Å². The van der Waals surface area contributed by atoms with Gasteiger partial charge in [0.15, 0.2) is 0 Å². The maximum atomic E-state index is 12.4. The van der Waals surface area contributed by atoms with Crippen molar-refractivity contribution < 1.29 is 14.3 Å². The highest BCUT2D eigenvalue weighted by molar-refractivity contribution is 5.92. The Morgan fingerprint density at radius 3 is 2.42 bits per heavy atom. The summed E-state index contributed by atoms with van der Waals surface area (Å²) in [4.78, 5) is 25.7. The number of likely N-dealkylation sites (tertiary alicyclic amines) is 1. The van der Waals surface area contributed by atoms with Gasteiger partial charge in [0.1, 0.15) is 0 Å². The van der Waals surface area contributed by atoms with Gasteiger partial charge in [0.25, 0.3) is 0 Å². The van der Waals surface area contributed by atoms with Crippen LogP contribution >= 0.6 is 0 Å². The van der Waals surface area contributed by atoms with Gasteiger partial charge in [-0.05, 0) is 50.3 Å². The smallest absolute Gasteiger partial charge is 0.409 e. The summed E-state index contributed by atoms with van der Waals surface area (Å²) in [5.74, 6) is -0.00439. The summed E-state index contributed by atoms with van der Waals surface area (Å²) in [7, 11) is 0. The largest absolute Gasteiger partial charge is 0.450 e. The third kappa shape index (κ3) is 5.25. The average Bonchev–Trinajstić information content (AvgIpc) is 2.61. The molecule has 1 aliphatic heterocycles. The number of carbonyl (C=O) groups excluding carboxylic acids is 2. The molecule has 0 aromatic heterocycles. The molecule has 0 atom stereocenters. The van der Waals surface area contributed by atoms with Crippen LogP contribution in [0.3, 0.4) is 0 Å². The van der Waals surface area contributed by atoms with E-state index in [0.717, 1.165) is 12.1 Å². The minimum absolute atomic E-state index is 0.0415. The summed E-state index contributed by atoms with van der Waals surface area (Å²) in [5, 5.41) is 2.99. The normalized spacial score (nSPS) is 15.2. The molecule has 0 aliphatic carbocycles. The molecular weight excluding hydrogens is 304 g/mol. The van der Waals surface area contributed by atoms with E-state index in [0.29, 0.717) is 32.5 Å². The zero-order valence-corrected chi connectivity index (χ0v) is 14.7. The molecule has 2 rings (SSSR count). The Kier molecular flexibility index (Phi) is 7.09. The molecule has 0 saturated carbocycles. The van der Waals surface area contributed by atoms with Crippen molar-refractivity contribution in [2.45, 2.75) is 46.0 Å². The van der Waals surface area contributed by atoms with Gasteiger partial charge in [0, 0.05) is 24.7 Å². The molecule has 5 heteroatoms. The molecule has 0 unspecified atom stereocenters. The first-order valence-corrected chi connectivity index (χ1v) is 8.95. The van der Waals surface area contributed by atoms with Gasteiger partial charge in [-0.2, -0.15) is 0 Å². The van der Waals surface area contributed by atoms with Crippen LogP contribution in [-0.2, 0) is 16.0 Å². The standard InChI is InChI=1S/C19H28N2O3/c1-3-5-6-15-7-9-17(10-8-15)20-18(22)16-11-13-21(14-12-16)19(23)24-4-2/h7-10,16H,3-6,11-14H2,1-2H3,(H,20,22). The molecule has 1 saturated heterocycles. The van der Waals surface area contributed by atoms with Gasteiger partial charge >= 0.3 is 6.09 Å². The van der Waals surface area contributed by atoms with Crippen LogP contribution in [-0.4, -0.2) is 36.6 Å². The molecule has 1 aromatic carbocycles. The van der Waals surface area contributed by atoms with Gasteiger partial charge < -0.3 is 15.0 Å². The van der Waals surface area contributed by atoms with Crippen molar-refractivity contribution in [2.24, 2.45) is 5.92 Å². The lowest BCUT2D eigenvalue weighted by Gasteiger charge is -2.30. The minimum atomic E-state index is -0.279. The minimum Gasteiger partial charge on any atom is -0.450 e. The highest BCUT2D eigenvalue weighted by Crippen LogP contribution is 2.20. The first-order valence-electron chi connectivity index (χ1n) is 8.95. The van der Waals surface area contributed by atoms with Crippen LogP contribution in [0, 0.1) is 5.92 Å². The summed E-state index contributed by atoms with van der Waals surface area (Å²) in [6.45, 7) is 5.51. The summed E-state index contributed by atoms with van der Waals surface area (Å²) < 4.78 is 5.00. The van der Waals surface area contributed by atoms with E-state index in [-0.39, 0.29) is 17.9 Å². The van der Waals surface area contributed by atoms with Crippen molar-refractivity contribution in [1.29, 1.82) is 0 Å².